The van der Waals surface area contributed by atoms with E-state index in [1.807, 2.05) is 0 Å². The maximum absolute atomic E-state index is 2.31. The zero-order chi connectivity index (χ0) is 11.4. The maximum Gasteiger partial charge on any atom is -0.0259 e. The first-order valence-electron chi connectivity index (χ1n) is 6.64. The van der Waals surface area contributed by atoms with Crippen LogP contribution < -0.4 is 0 Å². The van der Waals surface area contributed by atoms with Crippen molar-refractivity contribution < 1.29 is 0 Å². The highest BCUT2D eigenvalue weighted by Gasteiger charge is 1.91. The fraction of sp³-hybridized carbons (Fsp3) is 0.733. The lowest BCUT2D eigenvalue weighted by molar-refractivity contribution is 0.634. The first-order chi connectivity index (χ1) is 7.31. The first-order valence-corrected chi connectivity index (χ1v) is 6.64. The van der Waals surface area contributed by atoms with E-state index in [0.717, 1.165) is 5.92 Å². The third-order valence-electron chi connectivity index (χ3n) is 2.66. The molecule has 0 heterocycles. The van der Waals surface area contributed by atoms with E-state index in [1.54, 1.807) is 0 Å². The largest absolute Gasteiger partial charge is 0.0845 e. The summed E-state index contributed by atoms with van der Waals surface area (Å²) in [5, 5.41) is 0. The highest BCUT2D eigenvalue weighted by molar-refractivity contribution is 5.03. The van der Waals surface area contributed by atoms with E-state index in [1.165, 1.54) is 44.9 Å². The van der Waals surface area contributed by atoms with Gasteiger partial charge in [0.2, 0.25) is 0 Å². The number of rotatable bonds is 9. The molecule has 15 heavy (non-hydrogen) atoms. The molecule has 0 radical (unpaired) electrons. The summed E-state index contributed by atoms with van der Waals surface area (Å²) >= 11 is 0. The van der Waals surface area contributed by atoms with Crippen LogP contribution in [-0.4, -0.2) is 0 Å². The molecule has 1 unspecified atom stereocenters. The van der Waals surface area contributed by atoms with Gasteiger partial charge in [0, 0.05) is 0 Å². The summed E-state index contributed by atoms with van der Waals surface area (Å²) in [6, 6.07) is 0. The van der Waals surface area contributed by atoms with E-state index in [2.05, 4.69) is 45.1 Å². The van der Waals surface area contributed by atoms with Crippen LogP contribution in [0.4, 0.5) is 0 Å². The summed E-state index contributed by atoms with van der Waals surface area (Å²) in [7, 11) is 0. The highest BCUT2D eigenvalue weighted by Crippen LogP contribution is 2.06. The lowest BCUT2D eigenvalue weighted by atomic mass is 10.1. The minimum atomic E-state index is 0.736. The lowest BCUT2D eigenvalue weighted by Gasteiger charge is -2.00. The van der Waals surface area contributed by atoms with Crippen LogP contribution in [0.25, 0.3) is 0 Å². The molecule has 88 valence electrons. The van der Waals surface area contributed by atoms with Crippen molar-refractivity contribution in [3.63, 3.8) is 0 Å². The molecule has 0 saturated carbocycles. The van der Waals surface area contributed by atoms with Crippen LogP contribution in [0, 0.1) is 5.92 Å². The van der Waals surface area contributed by atoms with Crippen LogP contribution in [0.3, 0.4) is 0 Å². The molecule has 0 aliphatic rings. The lowest BCUT2D eigenvalue weighted by Crippen LogP contribution is -1.86. The fourth-order valence-corrected chi connectivity index (χ4v) is 1.67. The predicted molar refractivity (Wildman–Crippen MR) is 71.1 cm³/mol. The van der Waals surface area contributed by atoms with Crippen LogP contribution in [0.5, 0.6) is 0 Å². The fourth-order valence-electron chi connectivity index (χ4n) is 1.67. The number of allylic oxidation sites excluding steroid dienone is 4. The van der Waals surface area contributed by atoms with Crippen molar-refractivity contribution in [1.29, 1.82) is 0 Å². The molecule has 0 aromatic rings. The molecule has 1 atom stereocenters. The van der Waals surface area contributed by atoms with Crippen molar-refractivity contribution in [1.82, 2.24) is 0 Å². The Balaban J connectivity index is 3.36. The molecule has 0 aliphatic heterocycles. The molecule has 0 amide bonds. The van der Waals surface area contributed by atoms with Gasteiger partial charge in [0.1, 0.15) is 0 Å². The number of unbranched alkanes of at least 4 members (excludes halogenated alkanes) is 4. The van der Waals surface area contributed by atoms with Gasteiger partial charge in [-0.15, -0.1) is 0 Å². The molecule has 0 aromatic heterocycles. The van der Waals surface area contributed by atoms with Crippen molar-refractivity contribution >= 4 is 0 Å². The Bertz CT molecular complexity index is 165. The van der Waals surface area contributed by atoms with Gasteiger partial charge in [-0.1, -0.05) is 70.8 Å². The Hall–Kier alpha value is -0.520. The molecular formula is C15H28. The Kier molecular flexibility index (Phi) is 11.2. The van der Waals surface area contributed by atoms with Crippen LogP contribution in [0.2, 0.25) is 0 Å². The SMILES string of the molecule is CCCCCC/C=C/C=C\C(C)CCC. The van der Waals surface area contributed by atoms with Crippen molar-refractivity contribution in [2.75, 3.05) is 0 Å². The Morgan fingerprint density at radius 2 is 1.73 bits per heavy atom. The standard InChI is InChI=1S/C15H28/c1-4-6-7-8-9-10-11-12-14-15(3)13-5-2/h10-12,14-15H,4-9,13H2,1-3H3/b11-10+,14-12-. The van der Waals surface area contributed by atoms with Crippen molar-refractivity contribution in [3.8, 4) is 0 Å². The Morgan fingerprint density at radius 3 is 2.40 bits per heavy atom. The molecule has 0 aliphatic carbocycles. The summed E-state index contributed by atoms with van der Waals surface area (Å²) in [6.07, 6.45) is 18.3. The van der Waals surface area contributed by atoms with Gasteiger partial charge in [-0.2, -0.15) is 0 Å². The monoisotopic (exact) mass is 208 g/mol. The van der Waals surface area contributed by atoms with Gasteiger partial charge in [-0.25, -0.2) is 0 Å². The van der Waals surface area contributed by atoms with E-state index in [0.29, 0.717) is 0 Å². The average Bonchev–Trinajstić information content (AvgIpc) is 2.22. The summed E-state index contributed by atoms with van der Waals surface area (Å²) in [5.74, 6) is 0.736. The smallest absolute Gasteiger partial charge is 0.0259 e. The van der Waals surface area contributed by atoms with Gasteiger partial charge in [0.05, 0.1) is 0 Å². The summed E-state index contributed by atoms with van der Waals surface area (Å²) in [5.41, 5.74) is 0. The molecule has 0 bridgehead atoms. The first kappa shape index (κ1) is 14.5. The van der Waals surface area contributed by atoms with Gasteiger partial charge in [0.15, 0.2) is 0 Å². The van der Waals surface area contributed by atoms with Crippen LogP contribution in [0.15, 0.2) is 24.3 Å². The van der Waals surface area contributed by atoms with Crippen LogP contribution in [-0.2, 0) is 0 Å². The molecule has 0 heteroatoms. The number of hydrogen-bond donors (Lipinski definition) is 0. The molecule has 0 nitrogen and oxygen atoms in total. The van der Waals surface area contributed by atoms with E-state index in [-0.39, 0.29) is 0 Å². The maximum atomic E-state index is 2.31. The molecule has 0 aromatic carbocycles. The molecule has 0 spiro atoms. The van der Waals surface area contributed by atoms with Gasteiger partial charge >= 0.3 is 0 Å². The minimum Gasteiger partial charge on any atom is -0.0845 e. The molecular weight excluding hydrogens is 180 g/mol. The summed E-state index contributed by atoms with van der Waals surface area (Å²) in [4.78, 5) is 0. The summed E-state index contributed by atoms with van der Waals surface area (Å²) < 4.78 is 0. The van der Waals surface area contributed by atoms with Gasteiger partial charge < -0.3 is 0 Å². The van der Waals surface area contributed by atoms with Gasteiger partial charge in [-0.3, -0.25) is 0 Å². The third-order valence-corrected chi connectivity index (χ3v) is 2.66. The highest BCUT2D eigenvalue weighted by atomic mass is 14.0. The molecule has 0 fully saturated rings. The third kappa shape index (κ3) is 11.4. The second kappa shape index (κ2) is 11.6. The van der Waals surface area contributed by atoms with Gasteiger partial charge in [-0.05, 0) is 25.2 Å². The number of hydrogen-bond acceptors (Lipinski definition) is 0. The summed E-state index contributed by atoms with van der Waals surface area (Å²) in [6.45, 7) is 6.79. The quantitative estimate of drug-likeness (QED) is 0.346. The van der Waals surface area contributed by atoms with Crippen molar-refractivity contribution in [2.45, 2.75) is 65.7 Å². The molecule has 0 saturated heterocycles. The van der Waals surface area contributed by atoms with Crippen molar-refractivity contribution in [3.05, 3.63) is 24.3 Å². The zero-order valence-electron chi connectivity index (χ0n) is 10.8. The second-order valence-corrected chi connectivity index (χ2v) is 4.43. The zero-order valence-corrected chi connectivity index (χ0v) is 10.8. The average molecular weight is 208 g/mol. The van der Waals surface area contributed by atoms with E-state index < -0.39 is 0 Å². The van der Waals surface area contributed by atoms with Crippen molar-refractivity contribution in [2.24, 2.45) is 5.92 Å². The van der Waals surface area contributed by atoms with E-state index in [9.17, 15) is 0 Å². The van der Waals surface area contributed by atoms with Gasteiger partial charge in [0.25, 0.3) is 0 Å². The van der Waals surface area contributed by atoms with E-state index in [4.69, 9.17) is 0 Å². The Morgan fingerprint density at radius 1 is 0.933 bits per heavy atom. The van der Waals surface area contributed by atoms with Crippen LogP contribution >= 0.6 is 0 Å². The predicted octanol–water partition coefficient (Wildman–Crippen LogP) is 5.51. The molecule has 0 rings (SSSR count). The normalized spacial score (nSPS) is 14.1. The Labute approximate surface area is 96.5 Å². The van der Waals surface area contributed by atoms with E-state index >= 15 is 0 Å². The van der Waals surface area contributed by atoms with Crippen LogP contribution in [0.1, 0.15) is 65.7 Å². The molecule has 0 N–H and O–H groups in total. The second-order valence-electron chi connectivity index (χ2n) is 4.43. The topological polar surface area (TPSA) is 0 Å². The minimum absolute atomic E-state index is 0.736.